The smallest absolute Gasteiger partial charge is 0.255 e. The normalized spacial score (nSPS) is 14.4. The minimum absolute atomic E-state index is 0.181. The van der Waals surface area contributed by atoms with Gasteiger partial charge >= 0.3 is 0 Å². The lowest BCUT2D eigenvalue weighted by Gasteiger charge is -2.11. The highest BCUT2D eigenvalue weighted by molar-refractivity contribution is 6.05. The van der Waals surface area contributed by atoms with E-state index in [9.17, 15) is 9.59 Å². The van der Waals surface area contributed by atoms with Gasteiger partial charge in [0.1, 0.15) is 0 Å². The number of hydrogen-bond acceptors (Lipinski definition) is 4. The summed E-state index contributed by atoms with van der Waals surface area (Å²) in [5.41, 5.74) is 2.64. The first kappa shape index (κ1) is 16.2. The molecule has 0 saturated carbocycles. The predicted molar refractivity (Wildman–Crippen MR) is 89.8 cm³/mol. The van der Waals surface area contributed by atoms with Crippen LogP contribution in [0.3, 0.4) is 0 Å². The molecule has 6 heteroatoms. The minimum Gasteiger partial charge on any atom is -0.346 e. The Morgan fingerprint density at radius 1 is 0.958 bits per heavy atom. The average Bonchev–Trinajstić information content (AvgIpc) is 3.09. The molecule has 2 aromatic rings. The lowest BCUT2D eigenvalue weighted by atomic mass is 10.1. The summed E-state index contributed by atoms with van der Waals surface area (Å²) in [6, 6.07) is 14.1. The number of carbonyl (C=O) groups is 2. The van der Waals surface area contributed by atoms with Crippen molar-refractivity contribution < 1.29 is 19.1 Å². The van der Waals surface area contributed by atoms with Crippen LogP contribution in [0.2, 0.25) is 0 Å². The predicted octanol–water partition coefficient (Wildman–Crippen LogP) is 2.94. The summed E-state index contributed by atoms with van der Waals surface area (Å²) in [7, 11) is 0. The van der Waals surface area contributed by atoms with E-state index in [1.165, 1.54) is 6.92 Å². The highest BCUT2D eigenvalue weighted by Gasteiger charge is 2.18. The van der Waals surface area contributed by atoms with Crippen molar-refractivity contribution in [2.24, 2.45) is 0 Å². The Morgan fingerprint density at radius 2 is 1.67 bits per heavy atom. The van der Waals surface area contributed by atoms with E-state index < -0.39 is 0 Å². The maximum absolute atomic E-state index is 12.3. The molecule has 0 unspecified atom stereocenters. The van der Waals surface area contributed by atoms with Crippen LogP contribution in [0, 0.1) is 0 Å². The van der Waals surface area contributed by atoms with Crippen LogP contribution >= 0.6 is 0 Å². The largest absolute Gasteiger partial charge is 0.346 e. The van der Waals surface area contributed by atoms with Gasteiger partial charge in [-0.2, -0.15) is 0 Å². The number of ether oxygens (including phenoxy) is 2. The number of carbonyl (C=O) groups excluding carboxylic acids is 2. The Labute approximate surface area is 139 Å². The SMILES string of the molecule is CC(=O)Nc1cccc(C(=O)Nc2ccc(C3OCCO3)cc2)c1. The van der Waals surface area contributed by atoms with Crippen LogP contribution in [0.4, 0.5) is 11.4 Å². The molecule has 0 bridgehead atoms. The maximum atomic E-state index is 12.3. The molecule has 24 heavy (non-hydrogen) atoms. The Kier molecular flexibility index (Phi) is 4.88. The van der Waals surface area contributed by atoms with Gasteiger partial charge in [-0.25, -0.2) is 0 Å². The van der Waals surface area contributed by atoms with E-state index in [1.54, 1.807) is 36.4 Å². The van der Waals surface area contributed by atoms with E-state index in [1.807, 2.05) is 12.1 Å². The minimum atomic E-state index is -0.330. The van der Waals surface area contributed by atoms with E-state index in [0.29, 0.717) is 30.2 Å². The van der Waals surface area contributed by atoms with Gasteiger partial charge in [-0.15, -0.1) is 0 Å². The molecule has 0 aromatic heterocycles. The Hall–Kier alpha value is -2.70. The summed E-state index contributed by atoms with van der Waals surface area (Å²) < 4.78 is 10.9. The summed E-state index contributed by atoms with van der Waals surface area (Å²) >= 11 is 0. The molecule has 2 N–H and O–H groups in total. The summed E-state index contributed by atoms with van der Waals surface area (Å²) in [5, 5.41) is 5.48. The van der Waals surface area contributed by atoms with Crippen molar-refractivity contribution in [3.63, 3.8) is 0 Å². The molecule has 6 nitrogen and oxygen atoms in total. The molecular formula is C18H18N2O4. The van der Waals surface area contributed by atoms with Gasteiger partial charge in [-0.1, -0.05) is 18.2 Å². The lowest BCUT2D eigenvalue weighted by Crippen LogP contribution is -2.13. The highest BCUT2D eigenvalue weighted by atomic mass is 16.7. The maximum Gasteiger partial charge on any atom is 0.255 e. The van der Waals surface area contributed by atoms with Gasteiger partial charge in [0, 0.05) is 29.4 Å². The summed E-state index contributed by atoms with van der Waals surface area (Å²) in [4.78, 5) is 23.4. The van der Waals surface area contributed by atoms with E-state index >= 15 is 0 Å². The van der Waals surface area contributed by atoms with Crippen LogP contribution in [0.15, 0.2) is 48.5 Å². The number of amides is 2. The van der Waals surface area contributed by atoms with Crippen molar-refractivity contribution in [2.45, 2.75) is 13.2 Å². The van der Waals surface area contributed by atoms with E-state index in [2.05, 4.69) is 10.6 Å². The van der Waals surface area contributed by atoms with Gasteiger partial charge in [0.2, 0.25) is 5.91 Å². The quantitative estimate of drug-likeness (QED) is 0.905. The van der Waals surface area contributed by atoms with Crippen LogP contribution in [0.1, 0.15) is 29.1 Å². The number of benzene rings is 2. The first-order valence-corrected chi connectivity index (χ1v) is 7.64. The molecule has 1 heterocycles. The first-order valence-electron chi connectivity index (χ1n) is 7.64. The van der Waals surface area contributed by atoms with E-state index in [-0.39, 0.29) is 18.1 Å². The number of rotatable bonds is 4. The fraction of sp³-hybridized carbons (Fsp3) is 0.222. The fourth-order valence-corrected chi connectivity index (χ4v) is 2.42. The number of anilines is 2. The van der Waals surface area contributed by atoms with Gasteiger partial charge in [0.15, 0.2) is 6.29 Å². The van der Waals surface area contributed by atoms with Crippen molar-refractivity contribution >= 4 is 23.2 Å². The Balaban J connectivity index is 1.67. The molecule has 1 aliphatic heterocycles. The van der Waals surface area contributed by atoms with Crippen LogP contribution in [-0.4, -0.2) is 25.0 Å². The topological polar surface area (TPSA) is 76.7 Å². The second-order valence-electron chi connectivity index (χ2n) is 5.41. The Morgan fingerprint density at radius 3 is 2.33 bits per heavy atom. The molecule has 2 aromatic carbocycles. The monoisotopic (exact) mass is 326 g/mol. The number of nitrogens with one attached hydrogen (secondary N) is 2. The second-order valence-corrected chi connectivity index (χ2v) is 5.41. The van der Waals surface area contributed by atoms with Crippen LogP contribution in [0.5, 0.6) is 0 Å². The van der Waals surface area contributed by atoms with E-state index in [0.717, 1.165) is 5.56 Å². The molecule has 0 atom stereocenters. The number of hydrogen-bond donors (Lipinski definition) is 2. The molecule has 1 fully saturated rings. The van der Waals surface area contributed by atoms with Gasteiger partial charge in [-0.3, -0.25) is 9.59 Å². The molecule has 2 amide bonds. The van der Waals surface area contributed by atoms with Crippen molar-refractivity contribution in [1.29, 1.82) is 0 Å². The third-order valence-electron chi connectivity index (χ3n) is 3.51. The molecule has 3 rings (SSSR count). The van der Waals surface area contributed by atoms with Crippen LogP contribution in [-0.2, 0) is 14.3 Å². The van der Waals surface area contributed by atoms with Crippen LogP contribution in [0.25, 0.3) is 0 Å². The Bertz CT molecular complexity index is 737. The average molecular weight is 326 g/mol. The standard InChI is InChI=1S/C18H18N2O4/c1-12(21)19-16-4-2-3-14(11-16)17(22)20-15-7-5-13(6-8-15)18-23-9-10-24-18/h2-8,11,18H,9-10H2,1H3,(H,19,21)(H,20,22). The summed E-state index contributed by atoms with van der Waals surface area (Å²) in [6.07, 6.45) is -0.330. The zero-order valence-corrected chi connectivity index (χ0v) is 13.2. The molecule has 1 aliphatic rings. The molecule has 124 valence electrons. The molecule has 0 aliphatic carbocycles. The summed E-state index contributed by atoms with van der Waals surface area (Å²) in [6.45, 7) is 2.60. The zero-order chi connectivity index (χ0) is 16.9. The second kappa shape index (κ2) is 7.25. The van der Waals surface area contributed by atoms with Gasteiger partial charge in [0.25, 0.3) is 5.91 Å². The van der Waals surface area contributed by atoms with Gasteiger partial charge in [-0.05, 0) is 30.3 Å². The highest BCUT2D eigenvalue weighted by Crippen LogP contribution is 2.24. The van der Waals surface area contributed by atoms with Gasteiger partial charge < -0.3 is 20.1 Å². The van der Waals surface area contributed by atoms with Crippen molar-refractivity contribution in [2.75, 3.05) is 23.8 Å². The molecule has 0 radical (unpaired) electrons. The third kappa shape index (κ3) is 3.98. The van der Waals surface area contributed by atoms with Crippen molar-refractivity contribution in [3.8, 4) is 0 Å². The zero-order valence-electron chi connectivity index (χ0n) is 13.2. The van der Waals surface area contributed by atoms with Crippen molar-refractivity contribution in [3.05, 3.63) is 59.7 Å². The third-order valence-corrected chi connectivity index (χ3v) is 3.51. The first-order chi connectivity index (χ1) is 11.6. The molecule has 0 spiro atoms. The lowest BCUT2D eigenvalue weighted by molar-refractivity contribution is -0.114. The molecule has 1 saturated heterocycles. The van der Waals surface area contributed by atoms with Crippen molar-refractivity contribution in [1.82, 2.24) is 0 Å². The van der Waals surface area contributed by atoms with Gasteiger partial charge in [0.05, 0.1) is 13.2 Å². The molecular weight excluding hydrogens is 308 g/mol. The van der Waals surface area contributed by atoms with E-state index in [4.69, 9.17) is 9.47 Å². The summed E-state index contributed by atoms with van der Waals surface area (Å²) in [5.74, 6) is -0.428. The fourth-order valence-electron chi connectivity index (χ4n) is 2.42. The van der Waals surface area contributed by atoms with Crippen LogP contribution < -0.4 is 10.6 Å².